The van der Waals surface area contributed by atoms with Gasteiger partial charge < -0.3 is 5.32 Å². The fourth-order valence-corrected chi connectivity index (χ4v) is 4.44. The number of nitrogens with one attached hydrogen (secondary N) is 1. The van der Waals surface area contributed by atoms with Crippen LogP contribution in [-0.2, 0) is 9.84 Å². The molecule has 1 aromatic carbocycles. The minimum absolute atomic E-state index is 0.0529. The Morgan fingerprint density at radius 2 is 1.74 bits per heavy atom. The zero-order valence-electron chi connectivity index (χ0n) is 14.8. The number of aromatic nitrogens is 4. The number of hydrogen-bond donors (Lipinski definition) is 1. The molecule has 0 amide bonds. The van der Waals surface area contributed by atoms with Crippen molar-refractivity contribution in [3.05, 3.63) is 66.5 Å². The summed E-state index contributed by atoms with van der Waals surface area (Å²) in [6, 6.07) is 15.6. The monoisotopic (exact) mass is 379 g/mol. The van der Waals surface area contributed by atoms with Crippen molar-refractivity contribution in [2.45, 2.75) is 16.7 Å². The molecule has 0 atom stereocenters. The van der Waals surface area contributed by atoms with E-state index in [4.69, 9.17) is 0 Å². The van der Waals surface area contributed by atoms with Gasteiger partial charge >= 0.3 is 0 Å². The molecule has 136 valence electrons. The van der Waals surface area contributed by atoms with Crippen molar-refractivity contribution in [3.63, 3.8) is 0 Å². The van der Waals surface area contributed by atoms with Crippen LogP contribution in [0.5, 0.6) is 0 Å². The number of anilines is 1. The molecule has 0 fully saturated rings. The first-order valence-corrected chi connectivity index (χ1v) is 9.80. The molecular formula is C19H17N5O2S. The number of benzene rings is 1. The van der Waals surface area contributed by atoms with E-state index in [1.807, 2.05) is 31.2 Å². The largest absolute Gasteiger partial charge is 0.370 e. The van der Waals surface area contributed by atoms with Crippen molar-refractivity contribution >= 4 is 21.3 Å². The molecule has 0 aliphatic rings. The number of sulfone groups is 1. The second-order valence-corrected chi connectivity index (χ2v) is 7.86. The summed E-state index contributed by atoms with van der Waals surface area (Å²) in [6.45, 7) is 1.85. The Balaban J connectivity index is 2.04. The highest BCUT2D eigenvalue weighted by atomic mass is 32.2. The third-order valence-corrected chi connectivity index (χ3v) is 6.02. The molecule has 3 aromatic heterocycles. The van der Waals surface area contributed by atoms with Gasteiger partial charge in [0.15, 0.2) is 16.4 Å². The van der Waals surface area contributed by atoms with Crippen molar-refractivity contribution in [3.8, 4) is 11.4 Å². The standard InChI is InChI=1S/C19H17N5O2S/c1-13-12-16(15-10-6-7-11-21-15)22-19-17(18(20-2)23-24(13)19)27(25,26)14-8-4-3-5-9-14/h3-12H,1-2H3,(H,20,23). The number of nitrogens with zero attached hydrogens (tertiary/aromatic N) is 4. The summed E-state index contributed by atoms with van der Waals surface area (Å²) < 4.78 is 28.1. The molecule has 0 unspecified atom stereocenters. The zero-order valence-corrected chi connectivity index (χ0v) is 15.6. The van der Waals surface area contributed by atoms with Crippen LogP contribution in [0.2, 0.25) is 0 Å². The molecule has 0 saturated carbocycles. The maximum Gasteiger partial charge on any atom is 0.214 e. The highest BCUT2D eigenvalue weighted by molar-refractivity contribution is 7.91. The van der Waals surface area contributed by atoms with Crippen molar-refractivity contribution in [2.75, 3.05) is 12.4 Å². The van der Waals surface area contributed by atoms with Crippen molar-refractivity contribution < 1.29 is 8.42 Å². The summed E-state index contributed by atoms with van der Waals surface area (Å²) >= 11 is 0. The molecule has 8 heteroatoms. The second-order valence-electron chi connectivity index (χ2n) is 5.98. The summed E-state index contributed by atoms with van der Waals surface area (Å²) in [5.74, 6) is 0.257. The highest BCUT2D eigenvalue weighted by Gasteiger charge is 2.29. The van der Waals surface area contributed by atoms with E-state index >= 15 is 0 Å². The second kappa shape index (κ2) is 6.48. The molecule has 7 nitrogen and oxygen atoms in total. The van der Waals surface area contributed by atoms with Crippen LogP contribution in [0.4, 0.5) is 5.82 Å². The number of aryl methyl sites for hydroxylation is 1. The minimum Gasteiger partial charge on any atom is -0.370 e. The topological polar surface area (TPSA) is 89.2 Å². The lowest BCUT2D eigenvalue weighted by Crippen LogP contribution is -2.06. The van der Waals surface area contributed by atoms with E-state index in [1.54, 1.807) is 43.6 Å². The van der Waals surface area contributed by atoms with Gasteiger partial charge in [0, 0.05) is 18.9 Å². The fourth-order valence-electron chi connectivity index (χ4n) is 2.92. The van der Waals surface area contributed by atoms with Crippen LogP contribution in [0, 0.1) is 6.92 Å². The summed E-state index contributed by atoms with van der Waals surface area (Å²) in [4.78, 5) is 9.15. The molecule has 0 aliphatic carbocycles. The van der Waals surface area contributed by atoms with E-state index in [-0.39, 0.29) is 21.3 Å². The SMILES string of the molecule is CNc1nn2c(C)cc(-c3ccccn3)nc2c1S(=O)(=O)c1ccccc1. The minimum atomic E-state index is -3.81. The van der Waals surface area contributed by atoms with E-state index in [0.717, 1.165) is 5.69 Å². The molecule has 3 heterocycles. The molecule has 1 N–H and O–H groups in total. The molecule has 4 aromatic rings. The predicted molar refractivity (Wildman–Crippen MR) is 102 cm³/mol. The van der Waals surface area contributed by atoms with Crippen LogP contribution >= 0.6 is 0 Å². The average molecular weight is 379 g/mol. The Labute approximate surface area is 156 Å². The Kier molecular flexibility index (Phi) is 4.12. The zero-order chi connectivity index (χ0) is 19.0. The maximum atomic E-state index is 13.3. The van der Waals surface area contributed by atoms with E-state index in [0.29, 0.717) is 11.4 Å². The lowest BCUT2D eigenvalue weighted by molar-refractivity contribution is 0.597. The van der Waals surface area contributed by atoms with Gasteiger partial charge in [0.2, 0.25) is 9.84 Å². The maximum absolute atomic E-state index is 13.3. The van der Waals surface area contributed by atoms with E-state index in [1.165, 1.54) is 4.52 Å². The third kappa shape index (κ3) is 2.83. The molecule has 0 bridgehead atoms. The van der Waals surface area contributed by atoms with E-state index in [2.05, 4.69) is 20.4 Å². The van der Waals surface area contributed by atoms with Gasteiger partial charge in [-0.15, -0.1) is 5.10 Å². The number of rotatable bonds is 4. The smallest absolute Gasteiger partial charge is 0.214 e. The highest BCUT2D eigenvalue weighted by Crippen LogP contribution is 2.32. The van der Waals surface area contributed by atoms with Crippen LogP contribution in [0.1, 0.15) is 5.69 Å². The quantitative estimate of drug-likeness (QED) is 0.586. The molecule has 0 saturated heterocycles. The third-order valence-electron chi connectivity index (χ3n) is 4.21. The van der Waals surface area contributed by atoms with Crippen LogP contribution in [-0.4, -0.2) is 35.0 Å². The predicted octanol–water partition coefficient (Wildman–Crippen LogP) is 2.97. The lowest BCUT2D eigenvalue weighted by Gasteiger charge is -2.07. The summed E-state index contributed by atoms with van der Waals surface area (Å²) in [5, 5.41) is 7.28. The molecule has 4 rings (SSSR count). The Hall–Kier alpha value is -3.26. The lowest BCUT2D eigenvalue weighted by atomic mass is 10.2. The van der Waals surface area contributed by atoms with Crippen LogP contribution in [0.3, 0.4) is 0 Å². The molecule has 0 aliphatic heterocycles. The first-order valence-electron chi connectivity index (χ1n) is 8.32. The average Bonchev–Trinajstić information content (AvgIpc) is 3.09. The van der Waals surface area contributed by atoms with Gasteiger partial charge in [-0.1, -0.05) is 24.3 Å². The van der Waals surface area contributed by atoms with Gasteiger partial charge in [0.1, 0.15) is 0 Å². The van der Waals surface area contributed by atoms with Gasteiger partial charge in [-0.3, -0.25) is 4.98 Å². The van der Waals surface area contributed by atoms with Gasteiger partial charge in [-0.2, -0.15) is 0 Å². The van der Waals surface area contributed by atoms with Crippen molar-refractivity contribution in [1.29, 1.82) is 0 Å². The van der Waals surface area contributed by atoms with Crippen molar-refractivity contribution in [1.82, 2.24) is 19.6 Å². The van der Waals surface area contributed by atoms with E-state index < -0.39 is 9.84 Å². The summed E-state index contributed by atoms with van der Waals surface area (Å²) in [6.07, 6.45) is 1.67. The first kappa shape index (κ1) is 17.2. The first-order chi connectivity index (χ1) is 13.0. The molecule has 0 radical (unpaired) electrons. The van der Waals surface area contributed by atoms with Crippen LogP contribution < -0.4 is 5.32 Å². The normalized spacial score (nSPS) is 11.6. The van der Waals surface area contributed by atoms with Gasteiger partial charge in [0.05, 0.1) is 16.3 Å². The Morgan fingerprint density at radius 3 is 2.41 bits per heavy atom. The fraction of sp³-hybridized carbons (Fsp3) is 0.105. The van der Waals surface area contributed by atoms with Crippen molar-refractivity contribution in [2.24, 2.45) is 0 Å². The molecular weight excluding hydrogens is 362 g/mol. The van der Waals surface area contributed by atoms with Crippen LogP contribution in [0.15, 0.2) is 70.6 Å². The Bertz CT molecular complexity index is 1220. The molecule has 27 heavy (non-hydrogen) atoms. The Morgan fingerprint density at radius 1 is 1.00 bits per heavy atom. The van der Waals surface area contributed by atoms with Gasteiger partial charge in [-0.05, 0) is 37.3 Å². The van der Waals surface area contributed by atoms with Gasteiger partial charge in [0.25, 0.3) is 0 Å². The summed E-state index contributed by atoms with van der Waals surface area (Å²) in [5.41, 5.74) is 2.28. The molecule has 0 spiro atoms. The van der Waals surface area contributed by atoms with E-state index in [9.17, 15) is 8.42 Å². The number of fused-ring (bicyclic) bond motifs is 1. The number of pyridine rings is 1. The summed E-state index contributed by atoms with van der Waals surface area (Å²) in [7, 11) is -2.17. The van der Waals surface area contributed by atoms with Gasteiger partial charge in [-0.25, -0.2) is 17.9 Å². The number of hydrogen-bond acceptors (Lipinski definition) is 6. The van der Waals surface area contributed by atoms with Crippen LogP contribution in [0.25, 0.3) is 17.0 Å².